The maximum Gasteiger partial charge on any atom is 0.168 e. The Labute approximate surface area is 256 Å². The highest BCUT2D eigenvalue weighted by atomic mass is 35.5. The van der Waals surface area contributed by atoms with Gasteiger partial charge in [-0.3, -0.25) is 0 Å². The van der Waals surface area contributed by atoms with E-state index in [0.717, 1.165) is 12.1 Å². The number of nitrogens with two attached hydrogens (primary N) is 1. The zero-order valence-corrected chi connectivity index (χ0v) is 24.2. The summed E-state index contributed by atoms with van der Waals surface area (Å²) in [5, 5.41) is 20.7. The number of halogens is 9. The zero-order valence-electron chi connectivity index (χ0n) is 18.9. The van der Waals surface area contributed by atoms with Crippen LogP contribution < -0.4 is 11.1 Å². The first-order valence-electron chi connectivity index (χ1n) is 9.97. The fraction of sp³-hybridized carbons (Fsp3) is 0. The monoisotopic (exact) mass is 666 g/mol. The van der Waals surface area contributed by atoms with Crippen LogP contribution in [0.3, 0.4) is 0 Å². The molecule has 4 aromatic rings. The van der Waals surface area contributed by atoms with Gasteiger partial charge in [-0.25, -0.2) is 18.7 Å². The maximum atomic E-state index is 13.7. The highest BCUT2D eigenvalue weighted by Gasteiger charge is 2.13. The summed E-state index contributed by atoms with van der Waals surface area (Å²) in [7, 11) is 0. The third-order valence-electron chi connectivity index (χ3n) is 4.24. The average molecular weight is 670 g/mol. The largest absolute Gasteiger partial charge is 0.397 e. The van der Waals surface area contributed by atoms with E-state index < -0.39 is 11.6 Å². The Morgan fingerprint density at radius 2 is 1.21 bits per heavy atom. The summed E-state index contributed by atoms with van der Waals surface area (Å²) < 4.78 is 26.3. The first-order chi connectivity index (χ1) is 18.4. The molecule has 0 saturated heterocycles. The van der Waals surface area contributed by atoms with Crippen LogP contribution in [0.4, 0.5) is 26.0 Å². The summed E-state index contributed by atoms with van der Waals surface area (Å²) in [6.45, 7) is 0. The molecule has 0 fully saturated rings. The van der Waals surface area contributed by atoms with Gasteiger partial charge in [0.05, 0.1) is 42.6 Å². The Balaban J connectivity index is 0.000000226. The van der Waals surface area contributed by atoms with E-state index >= 15 is 0 Å². The Hall–Kier alpha value is -2.79. The molecule has 6 nitrogen and oxygen atoms in total. The molecule has 0 bridgehead atoms. The van der Waals surface area contributed by atoms with Gasteiger partial charge in [-0.15, -0.1) is 0 Å². The molecular formula is C24H11Cl7F2N6. The minimum absolute atomic E-state index is 0.0198. The molecule has 0 aliphatic carbocycles. The lowest BCUT2D eigenvalue weighted by Crippen LogP contribution is -1.99. The number of benzene rings is 2. The topological polar surface area (TPSA) is 111 Å². The Bertz CT molecular complexity index is 1570. The first kappa shape index (κ1) is 32.4. The highest BCUT2D eigenvalue weighted by Crippen LogP contribution is 2.32. The van der Waals surface area contributed by atoms with Gasteiger partial charge in [0.25, 0.3) is 0 Å². The summed E-state index contributed by atoms with van der Waals surface area (Å²) in [6, 6.07) is 15.4. The van der Waals surface area contributed by atoms with Gasteiger partial charge in [0.2, 0.25) is 0 Å². The molecule has 2 aromatic heterocycles. The van der Waals surface area contributed by atoms with Gasteiger partial charge in [0.1, 0.15) is 22.4 Å². The molecule has 0 saturated carbocycles. The number of hydrogen-bond acceptors (Lipinski definition) is 6. The van der Waals surface area contributed by atoms with Crippen molar-refractivity contribution in [2.45, 2.75) is 0 Å². The van der Waals surface area contributed by atoms with Gasteiger partial charge < -0.3 is 11.1 Å². The van der Waals surface area contributed by atoms with Crippen LogP contribution in [0.5, 0.6) is 0 Å². The fourth-order valence-electron chi connectivity index (χ4n) is 2.40. The molecule has 200 valence electrons. The number of nitrogens with one attached hydrogen (secondary N) is 1. The van der Waals surface area contributed by atoms with Gasteiger partial charge in [-0.05, 0) is 36.4 Å². The lowest BCUT2D eigenvalue weighted by molar-refractivity contribution is 0.621. The molecule has 0 aliphatic heterocycles. The van der Waals surface area contributed by atoms with Crippen LogP contribution in [0.25, 0.3) is 0 Å². The molecule has 0 amide bonds. The summed E-state index contributed by atoms with van der Waals surface area (Å²) >= 11 is 39.4. The molecule has 3 N–H and O–H groups in total. The Kier molecular flexibility index (Phi) is 12.6. The molecule has 39 heavy (non-hydrogen) atoms. The van der Waals surface area contributed by atoms with Crippen molar-refractivity contribution in [2.24, 2.45) is 0 Å². The van der Waals surface area contributed by atoms with E-state index in [0.29, 0.717) is 26.4 Å². The van der Waals surface area contributed by atoms with Crippen molar-refractivity contribution >= 4 is 98.4 Å². The highest BCUT2D eigenvalue weighted by molar-refractivity contribution is 6.44. The van der Waals surface area contributed by atoms with Crippen LogP contribution in [-0.2, 0) is 0 Å². The molecule has 2 aromatic carbocycles. The summed E-state index contributed by atoms with van der Waals surface area (Å²) in [4.78, 5) is 7.14. The van der Waals surface area contributed by atoms with Crippen molar-refractivity contribution in [1.29, 1.82) is 10.5 Å². The SMILES string of the molecule is N#Cc1cc(F)c(Cl)nc1Cl.N#Cc1cc(F)c(Nc2cccc(Cl)c2Cl)nc1Cl.Nc1cccc(Cl)c1Cl. The number of nitriles is 2. The molecule has 0 unspecified atom stereocenters. The van der Waals surface area contributed by atoms with E-state index in [2.05, 4.69) is 15.3 Å². The van der Waals surface area contributed by atoms with Crippen LogP contribution in [0, 0.1) is 34.3 Å². The first-order valence-corrected chi connectivity index (χ1v) is 12.6. The number of nitrogen functional groups attached to an aromatic ring is 1. The molecular weight excluding hydrogens is 658 g/mol. The molecule has 0 radical (unpaired) electrons. The van der Waals surface area contributed by atoms with Gasteiger partial charge in [-0.2, -0.15) is 10.5 Å². The van der Waals surface area contributed by atoms with Crippen LogP contribution in [0.1, 0.15) is 11.1 Å². The zero-order chi connectivity index (χ0) is 29.3. The van der Waals surface area contributed by atoms with E-state index in [1.807, 2.05) is 0 Å². The minimum atomic E-state index is -0.743. The second-order valence-corrected chi connectivity index (χ2v) is 9.49. The van der Waals surface area contributed by atoms with Crippen LogP contribution in [-0.4, -0.2) is 9.97 Å². The van der Waals surface area contributed by atoms with E-state index in [1.54, 1.807) is 48.5 Å². The Morgan fingerprint density at radius 1 is 0.692 bits per heavy atom. The second kappa shape index (κ2) is 15.1. The number of aromatic nitrogens is 2. The van der Waals surface area contributed by atoms with E-state index in [-0.39, 0.29) is 37.4 Å². The number of hydrogen-bond donors (Lipinski definition) is 2. The predicted octanol–water partition coefficient (Wildman–Crippen LogP) is 9.77. The summed E-state index contributed by atoms with van der Waals surface area (Å²) in [6.07, 6.45) is 0. The molecule has 0 spiro atoms. The van der Waals surface area contributed by atoms with Crippen LogP contribution >= 0.6 is 81.2 Å². The van der Waals surface area contributed by atoms with Crippen molar-refractivity contribution < 1.29 is 8.78 Å². The molecule has 4 rings (SSSR count). The number of nitrogens with zero attached hydrogens (tertiary/aromatic N) is 4. The van der Waals surface area contributed by atoms with E-state index in [9.17, 15) is 8.78 Å². The standard InChI is InChI=1S/C12H5Cl3FN3.C6HCl2FN2.C6H5Cl2N/c13-7-2-1-3-9(10(7)14)18-12-8(16)4-6(5-17)11(15)19-12;7-5-3(2-10)1-4(9)6(8)11-5;7-4-2-1-3-5(9)6(4)8/h1-4H,(H,18,19);1H;1-3H,9H2. The number of anilines is 3. The van der Waals surface area contributed by atoms with E-state index in [1.165, 1.54) is 0 Å². The smallest absolute Gasteiger partial charge is 0.168 e. The van der Waals surface area contributed by atoms with Crippen LogP contribution in [0.15, 0.2) is 48.5 Å². The van der Waals surface area contributed by atoms with Gasteiger partial charge in [0, 0.05) is 0 Å². The lowest BCUT2D eigenvalue weighted by Gasteiger charge is -2.10. The minimum Gasteiger partial charge on any atom is -0.397 e. The van der Waals surface area contributed by atoms with Crippen molar-refractivity contribution in [2.75, 3.05) is 11.1 Å². The van der Waals surface area contributed by atoms with Crippen molar-refractivity contribution in [3.63, 3.8) is 0 Å². The third-order valence-corrected chi connectivity index (χ3v) is 6.74. The maximum absolute atomic E-state index is 13.7. The van der Waals surface area contributed by atoms with Gasteiger partial charge in [-0.1, -0.05) is 93.3 Å². The fourth-order valence-corrected chi connectivity index (χ4v) is 3.61. The normalized spacial score (nSPS) is 9.72. The number of pyridine rings is 2. The lowest BCUT2D eigenvalue weighted by atomic mass is 10.3. The number of rotatable bonds is 2. The van der Waals surface area contributed by atoms with Crippen molar-refractivity contribution in [1.82, 2.24) is 9.97 Å². The quantitative estimate of drug-likeness (QED) is 0.162. The predicted molar refractivity (Wildman–Crippen MR) is 153 cm³/mol. The molecule has 0 aliphatic rings. The molecule has 2 heterocycles. The summed E-state index contributed by atoms with van der Waals surface area (Å²) in [5.41, 5.74) is 6.25. The second-order valence-electron chi connectivity index (χ2n) is 6.85. The third kappa shape index (κ3) is 9.13. The Morgan fingerprint density at radius 3 is 1.74 bits per heavy atom. The van der Waals surface area contributed by atoms with Crippen LogP contribution in [0.2, 0.25) is 35.5 Å². The average Bonchev–Trinajstić information content (AvgIpc) is 2.90. The van der Waals surface area contributed by atoms with Crippen molar-refractivity contribution in [3.05, 3.63) is 107 Å². The van der Waals surface area contributed by atoms with Gasteiger partial charge in [0.15, 0.2) is 22.6 Å². The summed E-state index contributed by atoms with van der Waals surface area (Å²) in [5.74, 6) is -1.59. The molecule has 15 heteroatoms. The van der Waals surface area contributed by atoms with Gasteiger partial charge >= 0.3 is 0 Å². The van der Waals surface area contributed by atoms with E-state index in [4.69, 9.17) is 97.5 Å². The molecule has 0 atom stereocenters. The van der Waals surface area contributed by atoms with Crippen molar-refractivity contribution in [3.8, 4) is 12.1 Å².